The van der Waals surface area contributed by atoms with Crippen molar-refractivity contribution in [3.8, 4) is 11.6 Å². The van der Waals surface area contributed by atoms with Gasteiger partial charge < -0.3 is 10.1 Å². The number of pyridine rings is 1. The summed E-state index contributed by atoms with van der Waals surface area (Å²) in [5, 5.41) is 8.61. The summed E-state index contributed by atoms with van der Waals surface area (Å²) in [6.07, 6.45) is -0.710. The highest BCUT2D eigenvalue weighted by Crippen LogP contribution is 2.27. The Morgan fingerprint density at radius 3 is 2.48 bits per heavy atom. The van der Waals surface area contributed by atoms with Crippen molar-refractivity contribution in [1.82, 2.24) is 14.8 Å². The van der Waals surface area contributed by atoms with E-state index in [1.807, 2.05) is 87.0 Å². The fourth-order valence-corrected chi connectivity index (χ4v) is 3.64. The molecule has 0 saturated carbocycles. The molecule has 1 amide bonds. The second kappa shape index (κ2) is 8.22. The zero-order valence-corrected chi connectivity index (χ0v) is 18.4. The molecule has 0 radical (unpaired) electrons. The molecule has 0 saturated heterocycles. The first-order valence-corrected chi connectivity index (χ1v) is 10.3. The molecule has 31 heavy (non-hydrogen) atoms. The standard InChI is InChI=1S/C25H26N4O2/c1-15-10-9-13-21(17(15)3)26-25(30)19(5)31-22-14-16(2)23-18(4)28-29(24(23)27-22)20-11-7-6-8-12-20/h6-14,19H,1-5H3,(H,26,30)/t19-/m0/s1. The zero-order valence-electron chi connectivity index (χ0n) is 18.4. The number of hydrogen-bond donors (Lipinski definition) is 1. The minimum absolute atomic E-state index is 0.221. The first kappa shape index (κ1) is 20.6. The number of carbonyl (C=O) groups excluding carboxylic acids is 1. The Balaban J connectivity index is 1.62. The first-order chi connectivity index (χ1) is 14.8. The van der Waals surface area contributed by atoms with Crippen molar-refractivity contribution in [2.24, 2.45) is 0 Å². The van der Waals surface area contributed by atoms with Gasteiger partial charge in [0, 0.05) is 17.1 Å². The average Bonchev–Trinajstić information content (AvgIpc) is 3.08. The lowest BCUT2D eigenvalue weighted by molar-refractivity contribution is -0.122. The monoisotopic (exact) mass is 414 g/mol. The quantitative estimate of drug-likeness (QED) is 0.496. The largest absolute Gasteiger partial charge is 0.464 e. The molecule has 0 aliphatic rings. The summed E-state index contributed by atoms with van der Waals surface area (Å²) in [6, 6.07) is 17.5. The molecule has 0 fully saturated rings. The van der Waals surface area contributed by atoms with Gasteiger partial charge in [-0.2, -0.15) is 10.1 Å². The fourth-order valence-electron chi connectivity index (χ4n) is 3.64. The topological polar surface area (TPSA) is 69.0 Å². The van der Waals surface area contributed by atoms with Gasteiger partial charge in [-0.15, -0.1) is 0 Å². The van der Waals surface area contributed by atoms with Crippen molar-refractivity contribution in [1.29, 1.82) is 0 Å². The zero-order chi connectivity index (χ0) is 22.1. The highest BCUT2D eigenvalue weighted by Gasteiger charge is 2.19. The molecule has 2 aromatic heterocycles. The minimum atomic E-state index is -0.710. The van der Waals surface area contributed by atoms with Gasteiger partial charge in [0.25, 0.3) is 5.91 Å². The Morgan fingerprint density at radius 2 is 1.74 bits per heavy atom. The number of nitrogens with one attached hydrogen (secondary N) is 1. The van der Waals surface area contributed by atoms with Crippen LogP contribution in [0, 0.1) is 27.7 Å². The van der Waals surface area contributed by atoms with Crippen LogP contribution in [0.3, 0.4) is 0 Å². The summed E-state index contributed by atoms with van der Waals surface area (Å²) in [5.74, 6) is 0.173. The number of nitrogens with zero attached hydrogens (tertiary/aromatic N) is 3. The lowest BCUT2D eigenvalue weighted by Crippen LogP contribution is -2.30. The van der Waals surface area contributed by atoms with Crippen LogP contribution in [0.1, 0.15) is 29.3 Å². The normalized spacial score (nSPS) is 12.0. The number of anilines is 1. The number of fused-ring (bicyclic) bond motifs is 1. The third-order valence-corrected chi connectivity index (χ3v) is 5.52. The van der Waals surface area contributed by atoms with Crippen molar-refractivity contribution in [3.63, 3.8) is 0 Å². The van der Waals surface area contributed by atoms with Gasteiger partial charge in [0.15, 0.2) is 11.8 Å². The molecule has 0 unspecified atom stereocenters. The van der Waals surface area contributed by atoms with Crippen molar-refractivity contribution in [2.45, 2.75) is 40.7 Å². The van der Waals surface area contributed by atoms with E-state index in [1.54, 1.807) is 6.92 Å². The molecule has 1 N–H and O–H groups in total. The van der Waals surface area contributed by atoms with Gasteiger partial charge in [-0.05, 0) is 69.5 Å². The maximum absolute atomic E-state index is 12.7. The van der Waals surface area contributed by atoms with Gasteiger partial charge in [-0.25, -0.2) is 4.68 Å². The molecule has 2 aromatic carbocycles. The smallest absolute Gasteiger partial charge is 0.265 e. The van der Waals surface area contributed by atoms with Crippen molar-refractivity contribution >= 4 is 22.6 Å². The van der Waals surface area contributed by atoms with Crippen LogP contribution >= 0.6 is 0 Å². The van der Waals surface area contributed by atoms with Crippen LogP contribution in [-0.4, -0.2) is 26.8 Å². The molecule has 0 spiro atoms. The summed E-state index contributed by atoms with van der Waals surface area (Å²) in [7, 11) is 0. The summed E-state index contributed by atoms with van der Waals surface area (Å²) in [5.41, 5.74) is 6.49. The third kappa shape index (κ3) is 4.01. The van der Waals surface area contributed by atoms with Crippen LogP contribution < -0.4 is 10.1 Å². The first-order valence-electron chi connectivity index (χ1n) is 10.3. The summed E-state index contributed by atoms with van der Waals surface area (Å²) in [6.45, 7) is 9.70. The van der Waals surface area contributed by atoms with E-state index in [9.17, 15) is 4.79 Å². The summed E-state index contributed by atoms with van der Waals surface area (Å²) < 4.78 is 7.75. The molecule has 6 nitrogen and oxygen atoms in total. The molecular weight excluding hydrogens is 388 g/mol. The predicted molar refractivity (Wildman–Crippen MR) is 123 cm³/mol. The number of amides is 1. The Kier molecular flexibility index (Phi) is 5.46. The molecule has 6 heteroatoms. The van der Waals surface area contributed by atoms with Gasteiger partial charge in [-0.1, -0.05) is 30.3 Å². The number of hydrogen-bond acceptors (Lipinski definition) is 4. The van der Waals surface area contributed by atoms with Gasteiger partial charge in [0.2, 0.25) is 5.88 Å². The maximum Gasteiger partial charge on any atom is 0.265 e. The van der Waals surface area contributed by atoms with Crippen LogP contribution in [-0.2, 0) is 4.79 Å². The van der Waals surface area contributed by atoms with Crippen LogP contribution in [0.5, 0.6) is 5.88 Å². The number of ether oxygens (including phenoxy) is 1. The van der Waals surface area contributed by atoms with E-state index in [1.165, 1.54) is 0 Å². The number of aromatic nitrogens is 3. The molecule has 1 atom stereocenters. The number of aryl methyl sites for hydroxylation is 3. The summed E-state index contributed by atoms with van der Waals surface area (Å²) in [4.78, 5) is 17.4. The van der Waals surface area contributed by atoms with E-state index in [-0.39, 0.29) is 5.91 Å². The van der Waals surface area contributed by atoms with Gasteiger partial charge in [-0.3, -0.25) is 4.79 Å². The Hall–Kier alpha value is -3.67. The fraction of sp³-hybridized carbons (Fsp3) is 0.240. The highest BCUT2D eigenvalue weighted by molar-refractivity contribution is 5.95. The van der Waals surface area contributed by atoms with E-state index in [4.69, 9.17) is 9.72 Å². The van der Waals surface area contributed by atoms with E-state index in [0.717, 1.165) is 39.1 Å². The lowest BCUT2D eigenvalue weighted by atomic mass is 10.1. The van der Waals surface area contributed by atoms with E-state index in [2.05, 4.69) is 10.4 Å². The predicted octanol–water partition coefficient (Wildman–Crippen LogP) is 5.06. The molecule has 0 aliphatic heterocycles. The molecule has 2 heterocycles. The lowest BCUT2D eigenvalue weighted by Gasteiger charge is -2.16. The number of rotatable bonds is 5. The highest BCUT2D eigenvalue weighted by atomic mass is 16.5. The third-order valence-electron chi connectivity index (χ3n) is 5.52. The van der Waals surface area contributed by atoms with Gasteiger partial charge >= 0.3 is 0 Å². The Bertz CT molecular complexity index is 1260. The number of para-hydroxylation sites is 1. The molecule has 158 valence electrons. The SMILES string of the molecule is Cc1cccc(NC(=O)[C@H](C)Oc2cc(C)c3c(C)nn(-c4ccccc4)c3n2)c1C. The van der Waals surface area contributed by atoms with Crippen molar-refractivity contribution in [2.75, 3.05) is 5.32 Å². The second-order valence-corrected chi connectivity index (χ2v) is 7.81. The molecule has 4 aromatic rings. The number of carbonyl (C=O) groups is 1. The minimum Gasteiger partial charge on any atom is -0.464 e. The van der Waals surface area contributed by atoms with Gasteiger partial charge in [0.05, 0.1) is 11.4 Å². The second-order valence-electron chi connectivity index (χ2n) is 7.81. The van der Waals surface area contributed by atoms with Crippen LogP contribution in [0.15, 0.2) is 54.6 Å². The Morgan fingerprint density at radius 1 is 1.00 bits per heavy atom. The van der Waals surface area contributed by atoms with Crippen LogP contribution in [0.2, 0.25) is 0 Å². The number of benzene rings is 2. The molecule has 4 rings (SSSR count). The molecular formula is C25H26N4O2. The van der Waals surface area contributed by atoms with Crippen molar-refractivity contribution in [3.05, 3.63) is 77.0 Å². The molecule has 0 aliphatic carbocycles. The van der Waals surface area contributed by atoms with E-state index >= 15 is 0 Å². The van der Waals surface area contributed by atoms with Gasteiger partial charge in [0.1, 0.15) is 0 Å². The van der Waals surface area contributed by atoms with Crippen molar-refractivity contribution < 1.29 is 9.53 Å². The summed E-state index contributed by atoms with van der Waals surface area (Å²) >= 11 is 0. The van der Waals surface area contributed by atoms with Crippen LogP contribution in [0.4, 0.5) is 5.69 Å². The van der Waals surface area contributed by atoms with E-state index < -0.39 is 6.10 Å². The van der Waals surface area contributed by atoms with Crippen LogP contribution in [0.25, 0.3) is 16.7 Å². The Labute approximate surface area is 181 Å². The van der Waals surface area contributed by atoms with E-state index in [0.29, 0.717) is 11.5 Å². The maximum atomic E-state index is 12.7. The molecule has 0 bridgehead atoms. The average molecular weight is 415 g/mol.